The maximum absolute atomic E-state index is 12.4. The minimum atomic E-state index is -0.564. The lowest BCUT2D eigenvalue weighted by molar-refractivity contribution is -0.144. The van der Waals surface area contributed by atoms with Crippen LogP contribution in [-0.2, 0) is 16.1 Å². The predicted octanol–water partition coefficient (Wildman–Crippen LogP) is 2.28. The Morgan fingerprint density at radius 3 is 2.24 bits per heavy atom. The van der Waals surface area contributed by atoms with Gasteiger partial charge in [0.2, 0.25) is 0 Å². The van der Waals surface area contributed by atoms with Gasteiger partial charge in [0.05, 0.1) is 0 Å². The van der Waals surface area contributed by atoms with E-state index in [0.29, 0.717) is 18.8 Å². The van der Waals surface area contributed by atoms with Gasteiger partial charge in [-0.25, -0.2) is 0 Å². The number of nitrogens with one attached hydrogen (secondary N) is 1. The Labute approximate surface area is 148 Å². The summed E-state index contributed by atoms with van der Waals surface area (Å²) in [6.45, 7) is 5.48. The van der Waals surface area contributed by atoms with Crippen LogP contribution in [0.3, 0.4) is 0 Å². The van der Waals surface area contributed by atoms with Crippen molar-refractivity contribution >= 4 is 17.5 Å². The third kappa shape index (κ3) is 4.45. The van der Waals surface area contributed by atoms with Gasteiger partial charge in [0.1, 0.15) is 0 Å². The van der Waals surface area contributed by atoms with Gasteiger partial charge in [-0.15, -0.1) is 0 Å². The Morgan fingerprint density at radius 2 is 1.56 bits per heavy atom. The standard InChI is InChI=1S/C20H23N3O2/c1-16-7-5-6-10-18(16)21-19(24)20(25)23-13-11-22(12-14-23)15-17-8-3-2-4-9-17/h2-10H,11-15H2,1H3,(H,21,24). The predicted molar refractivity (Wildman–Crippen MR) is 98.1 cm³/mol. The third-order valence-corrected chi connectivity index (χ3v) is 4.50. The molecule has 5 heteroatoms. The number of carbonyl (C=O) groups is 2. The summed E-state index contributed by atoms with van der Waals surface area (Å²) in [6.07, 6.45) is 0. The van der Waals surface area contributed by atoms with Crippen molar-refractivity contribution in [3.8, 4) is 0 Å². The molecule has 2 aromatic carbocycles. The van der Waals surface area contributed by atoms with Crippen LogP contribution in [0.2, 0.25) is 0 Å². The van der Waals surface area contributed by atoms with Crippen LogP contribution < -0.4 is 5.32 Å². The van der Waals surface area contributed by atoms with E-state index in [-0.39, 0.29) is 0 Å². The van der Waals surface area contributed by atoms with Crippen LogP contribution in [0.1, 0.15) is 11.1 Å². The monoisotopic (exact) mass is 337 g/mol. The SMILES string of the molecule is Cc1ccccc1NC(=O)C(=O)N1CCN(Cc2ccccc2)CC1. The number of nitrogens with zero attached hydrogens (tertiary/aromatic N) is 2. The lowest BCUT2D eigenvalue weighted by atomic mass is 10.2. The number of para-hydroxylation sites is 1. The van der Waals surface area contributed by atoms with E-state index in [1.54, 1.807) is 11.0 Å². The second-order valence-electron chi connectivity index (χ2n) is 6.32. The van der Waals surface area contributed by atoms with Gasteiger partial charge in [0, 0.05) is 38.4 Å². The fourth-order valence-electron chi connectivity index (χ4n) is 2.98. The molecule has 0 spiro atoms. The number of benzene rings is 2. The van der Waals surface area contributed by atoms with Crippen molar-refractivity contribution in [2.45, 2.75) is 13.5 Å². The number of aryl methyl sites for hydroxylation is 1. The van der Waals surface area contributed by atoms with Crippen molar-refractivity contribution in [3.05, 3.63) is 65.7 Å². The molecule has 1 heterocycles. The molecule has 0 aromatic heterocycles. The average Bonchev–Trinajstić information content (AvgIpc) is 2.64. The zero-order chi connectivity index (χ0) is 17.6. The molecular weight excluding hydrogens is 314 g/mol. The second-order valence-corrected chi connectivity index (χ2v) is 6.32. The van der Waals surface area contributed by atoms with E-state index >= 15 is 0 Å². The number of anilines is 1. The minimum absolute atomic E-state index is 0.456. The molecule has 5 nitrogen and oxygen atoms in total. The largest absolute Gasteiger partial charge is 0.332 e. The molecule has 1 fully saturated rings. The molecule has 0 aliphatic carbocycles. The van der Waals surface area contributed by atoms with E-state index in [2.05, 4.69) is 22.3 Å². The van der Waals surface area contributed by atoms with E-state index in [1.807, 2.05) is 43.3 Å². The summed E-state index contributed by atoms with van der Waals surface area (Å²) >= 11 is 0. The summed E-state index contributed by atoms with van der Waals surface area (Å²) in [7, 11) is 0. The first-order chi connectivity index (χ1) is 12.1. The van der Waals surface area contributed by atoms with Crippen LogP contribution in [0.15, 0.2) is 54.6 Å². The Hall–Kier alpha value is -2.66. The van der Waals surface area contributed by atoms with Gasteiger partial charge in [-0.05, 0) is 24.1 Å². The summed E-state index contributed by atoms with van der Waals surface area (Å²) in [6, 6.07) is 17.7. The molecule has 1 aliphatic rings. The van der Waals surface area contributed by atoms with Gasteiger partial charge in [0.15, 0.2) is 0 Å². The summed E-state index contributed by atoms with van der Waals surface area (Å²) in [5.41, 5.74) is 2.89. The number of hydrogen-bond donors (Lipinski definition) is 1. The lowest BCUT2D eigenvalue weighted by Crippen LogP contribution is -2.51. The van der Waals surface area contributed by atoms with E-state index < -0.39 is 11.8 Å². The number of hydrogen-bond acceptors (Lipinski definition) is 3. The van der Waals surface area contributed by atoms with E-state index in [9.17, 15) is 9.59 Å². The van der Waals surface area contributed by atoms with Gasteiger partial charge in [0.25, 0.3) is 0 Å². The van der Waals surface area contributed by atoms with Crippen molar-refractivity contribution in [1.82, 2.24) is 9.80 Å². The molecule has 1 aliphatic heterocycles. The number of carbonyl (C=O) groups excluding carboxylic acids is 2. The Kier molecular flexibility index (Phi) is 5.46. The highest BCUT2D eigenvalue weighted by molar-refractivity contribution is 6.39. The van der Waals surface area contributed by atoms with Crippen LogP contribution in [0, 0.1) is 6.92 Å². The molecule has 3 rings (SSSR count). The minimum Gasteiger partial charge on any atom is -0.332 e. The van der Waals surface area contributed by atoms with Crippen LogP contribution in [0.25, 0.3) is 0 Å². The van der Waals surface area contributed by atoms with Crippen molar-refractivity contribution in [3.63, 3.8) is 0 Å². The first kappa shape index (κ1) is 17.2. The van der Waals surface area contributed by atoms with Crippen LogP contribution in [0.4, 0.5) is 5.69 Å². The van der Waals surface area contributed by atoms with Crippen molar-refractivity contribution in [1.29, 1.82) is 0 Å². The molecule has 2 amide bonds. The lowest BCUT2D eigenvalue weighted by Gasteiger charge is -2.34. The highest BCUT2D eigenvalue weighted by atomic mass is 16.2. The smallest absolute Gasteiger partial charge is 0.313 e. The molecule has 0 atom stereocenters. The molecule has 130 valence electrons. The topological polar surface area (TPSA) is 52.7 Å². The molecule has 0 bridgehead atoms. The molecule has 25 heavy (non-hydrogen) atoms. The fraction of sp³-hybridized carbons (Fsp3) is 0.300. The summed E-state index contributed by atoms with van der Waals surface area (Å²) < 4.78 is 0. The van der Waals surface area contributed by atoms with Crippen LogP contribution in [-0.4, -0.2) is 47.8 Å². The number of rotatable bonds is 3. The van der Waals surface area contributed by atoms with E-state index in [1.165, 1.54) is 5.56 Å². The van der Waals surface area contributed by atoms with Crippen molar-refractivity contribution < 1.29 is 9.59 Å². The summed E-state index contributed by atoms with van der Waals surface area (Å²) in [4.78, 5) is 28.5. The Bertz CT molecular complexity index is 738. The van der Waals surface area contributed by atoms with E-state index in [0.717, 1.165) is 25.2 Å². The number of piperazine rings is 1. The fourth-order valence-corrected chi connectivity index (χ4v) is 2.98. The average molecular weight is 337 g/mol. The van der Waals surface area contributed by atoms with Gasteiger partial charge in [-0.2, -0.15) is 0 Å². The quantitative estimate of drug-likeness (QED) is 0.874. The molecule has 2 aromatic rings. The second kappa shape index (κ2) is 7.94. The maximum Gasteiger partial charge on any atom is 0.313 e. The molecule has 1 N–H and O–H groups in total. The Morgan fingerprint density at radius 1 is 0.920 bits per heavy atom. The third-order valence-electron chi connectivity index (χ3n) is 4.50. The zero-order valence-electron chi connectivity index (χ0n) is 14.4. The zero-order valence-corrected chi connectivity index (χ0v) is 14.4. The summed E-state index contributed by atoms with van der Waals surface area (Å²) in [5, 5.41) is 2.71. The maximum atomic E-state index is 12.4. The highest BCUT2D eigenvalue weighted by Crippen LogP contribution is 2.14. The molecule has 0 unspecified atom stereocenters. The molecule has 0 saturated carbocycles. The van der Waals surface area contributed by atoms with Crippen LogP contribution >= 0.6 is 0 Å². The first-order valence-corrected chi connectivity index (χ1v) is 8.55. The Balaban J connectivity index is 1.51. The van der Waals surface area contributed by atoms with Crippen molar-refractivity contribution in [2.75, 3.05) is 31.5 Å². The van der Waals surface area contributed by atoms with Gasteiger partial charge in [-0.1, -0.05) is 48.5 Å². The normalized spacial score (nSPS) is 15.0. The molecular formula is C20H23N3O2. The van der Waals surface area contributed by atoms with Crippen LogP contribution in [0.5, 0.6) is 0 Å². The number of amides is 2. The highest BCUT2D eigenvalue weighted by Gasteiger charge is 2.26. The van der Waals surface area contributed by atoms with Gasteiger partial charge >= 0.3 is 11.8 Å². The molecule has 1 saturated heterocycles. The van der Waals surface area contributed by atoms with Gasteiger partial charge < -0.3 is 10.2 Å². The first-order valence-electron chi connectivity index (χ1n) is 8.55. The van der Waals surface area contributed by atoms with Gasteiger partial charge in [-0.3, -0.25) is 14.5 Å². The summed E-state index contributed by atoms with van der Waals surface area (Å²) in [5.74, 6) is -1.02. The van der Waals surface area contributed by atoms with E-state index in [4.69, 9.17) is 0 Å². The molecule has 0 radical (unpaired) electrons. The van der Waals surface area contributed by atoms with Crippen molar-refractivity contribution in [2.24, 2.45) is 0 Å².